The van der Waals surface area contributed by atoms with Gasteiger partial charge in [-0.25, -0.2) is 0 Å². The second-order valence-electron chi connectivity index (χ2n) is 5.06. The summed E-state index contributed by atoms with van der Waals surface area (Å²) in [6.07, 6.45) is 0. The smallest absolute Gasteiger partial charge is 0.0393 e. The molecule has 0 bridgehead atoms. The molecule has 1 atom stereocenters. The van der Waals surface area contributed by atoms with Crippen molar-refractivity contribution in [3.05, 3.63) is 33.8 Å². The van der Waals surface area contributed by atoms with E-state index in [2.05, 4.69) is 73.5 Å². The van der Waals surface area contributed by atoms with Crippen LogP contribution >= 0.6 is 27.9 Å². The van der Waals surface area contributed by atoms with E-state index in [0.29, 0.717) is 6.04 Å². The van der Waals surface area contributed by atoms with Gasteiger partial charge in [-0.2, -0.15) is 0 Å². The van der Waals surface area contributed by atoms with Crippen molar-refractivity contribution in [2.75, 3.05) is 0 Å². The van der Waals surface area contributed by atoms with Gasteiger partial charge in [-0.1, -0.05) is 40.0 Å². The molecule has 0 saturated heterocycles. The maximum Gasteiger partial charge on any atom is 0.0393 e. The number of aryl methyl sites for hydroxylation is 1. The largest absolute Gasteiger partial charge is 0.256 e. The highest BCUT2D eigenvalue weighted by molar-refractivity contribution is 9.10. The number of hydrogen-bond acceptors (Lipinski definition) is 2. The van der Waals surface area contributed by atoms with Gasteiger partial charge in [-0.15, -0.1) is 0 Å². The molecule has 0 amide bonds. The fraction of sp³-hybridized carbons (Fsp3) is 0.538. The first-order valence-electron chi connectivity index (χ1n) is 5.49. The first kappa shape index (κ1) is 14.1. The molecule has 1 aromatic rings. The third-order valence-corrected chi connectivity index (χ3v) is 4.18. The Kier molecular flexibility index (Phi) is 4.89. The lowest BCUT2D eigenvalue weighted by atomic mass is 10.1. The van der Waals surface area contributed by atoms with Crippen LogP contribution in [0.2, 0.25) is 0 Å². The SMILES string of the molecule is Cc1ccc(C(C)NSC(C)(C)C)cc1Br. The summed E-state index contributed by atoms with van der Waals surface area (Å²) in [4.78, 5) is 0. The van der Waals surface area contributed by atoms with Crippen molar-refractivity contribution in [3.8, 4) is 0 Å². The summed E-state index contributed by atoms with van der Waals surface area (Å²) in [6.45, 7) is 10.9. The van der Waals surface area contributed by atoms with E-state index < -0.39 is 0 Å². The third kappa shape index (κ3) is 4.48. The highest BCUT2D eigenvalue weighted by atomic mass is 79.9. The number of hydrogen-bond donors (Lipinski definition) is 1. The molecule has 1 aromatic carbocycles. The fourth-order valence-electron chi connectivity index (χ4n) is 1.21. The van der Waals surface area contributed by atoms with Gasteiger partial charge in [0.15, 0.2) is 0 Å². The lowest BCUT2D eigenvalue weighted by molar-refractivity contribution is 0.723. The molecular weight excluding hydrogens is 282 g/mol. The second kappa shape index (κ2) is 5.56. The van der Waals surface area contributed by atoms with Gasteiger partial charge in [-0.3, -0.25) is 4.72 Å². The number of nitrogens with one attached hydrogen (secondary N) is 1. The van der Waals surface area contributed by atoms with E-state index in [4.69, 9.17) is 0 Å². The van der Waals surface area contributed by atoms with Gasteiger partial charge in [0.2, 0.25) is 0 Å². The zero-order valence-electron chi connectivity index (χ0n) is 10.6. The summed E-state index contributed by atoms with van der Waals surface area (Å²) in [6, 6.07) is 6.89. The Morgan fingerprint density at radius 1 is 1.31 bits per heavy atom. The van der Waals surface area contributed by atoms with Gasteiger partial charge in [0, 0.05) is 15.3 Å². The minimum Gasteiger partial charge on any atom is -0.256 e. The van der Waals surface area contributed by atoms with Crippen molar-refractivity contribution >= 4 is 27.9 Å². The summed E-state index contributed by atoms with van der Waals surface area (Å²) in [5, 5.41) is 0. The quantitative estimate of drug-likeness (QED) is 0.801. The Morgan fingerprint density at radius 3 is 2.44 bits per heavy atom. The zero-order chi connectivity index (χ0) is 12.3. The van der Waals surface area contributed by atoms with Crippen LogP contribution in [0.1, 0.15) is 44.9 Å². The molecule has 0 aliphatic heterocycles. The molecule has 90 valence electrons. The zero-order valence-corrected chi connectivity index (χ0v) is 13.0. The summed E-state index contributed by atoms with van der Waals surface area (Å²) >= 11 is 5.35. The van der Waals surface area contributed by atoms with E-state index in [1.807, 2.05) is 0 Å². The van der Waals surface area contributed by atoms with E-state index in [0.717, 1.165) is 0 Å². The predicted molar refractivity (Wildman–Crippen MR) is 77.8 cm³/mol. The summed E-state index contributed by atoms with van der Waals surface area (Å²) in [7, 11) is 0. The maximum atomic E-state index is 3.57. The Balaban J connectivity index is 2.66. The van der Waals surface area contributed by atoms with Crippen LogP contribution in [0, 0.1) is 6.92 Å². The normalized spacial score (nSPS) is 13.9. The van der Waals surface area contributed by atoms with E-state index in [1.54, 1.807) is 11.9 Å². The molecule has 0 fully saturated rings. The molecule has 1 rings (SSSR count). The Bertz CT molecular complexity index is 357. The van der Waals surface area contributed by atoms with Gasteiger partial charge in [0.1, 0.15) is 0 Å². The van der Waals surface area contributed by atoms with Gasteiger partial charge in [0.25, 0.3) is 0 Å². The van der Waals surface area contributed by atoms with Crippen LogP contribution in [0.15, 0.2) is 22.7 Å². The lowest BCUT2D eigenvalue weighted by Gasteiger charge is -2.22. The first-order valence-corrected chi connectivity index (χ1v) is 7.10. The molecule has 0 aromatic heterocycles. The highest BCUT2D eigenvalue weighted by Gasteiger charge is 2.13. The summed E-state index contributed by atoms with van der Waals surface area (Å²) < 4.78 is 4.91. The summed E-state index contributed by atoms with van der Waals surface area (Å²) in [5.74, 6) is 0. The van der Waals surface area contributed by atoms with Crippen molar-refractivity contribution < 1.29 is 0 Å². The van der Waals surface area contributed by atoms with E-state index in [9.17, 15) is 0 Å². The Morgan fingerprint density at radius 2 is 1.94 bits per heavy atom. The van der Waals surface area contributed by atoms with Crippen molar-refractivity contribution in [2.24, 2.45) is 0 Å². The Hall–Kier alpha value is 0.01000. The molecule has 0 saturated carbocycles. The van der Waals surface area contributed by atoms with Crippen LogP contribution in [0.25, 0.3) is 0 Å². The molecule has 0 aliphatic carbocycles. The van der Waals surface area contributed by atoms with E-state index >= 15 is 0 Å². The molecule has 0 radical (unpaired) electrons. The topological polar surface area (TPSA) is 12.0 Å². The van der Waals surface area contributed by atoms with Crippen molar-refractivity contribution in [1.82, 2.24) is 4.72 Å². The average Bonchev–Trinajstić information content (AvgIpc) is 2.17. The average molecular weight is 302 g/mol. The van der Waals surface area contributed by atoms with Gasteiger partial charge < -0.3 is 0 Å². The molecule has 0 spiro atoms. The second-order valence-corrected chi connectivity index (χ2v) is 7.58. The molecule has 1 N–H and O–H groups in total. The molecule has 0 heterocycles. The maximum absolute atomic E-state index is 3.57. The monoisotopic (exact) mass is 301 g/mol. The van der Waals surface area contributed by atoms with Crippen molar-refractivity contribution in [3.63, 3.8) is 0 Å². The molecule has 0 aliphatic rings. The highest BCUT2D eigenvalue weighted by Crippen LogP contribution is 2.26. The van der Waals surface area contributed by atoms with Gasteiger partial charge in [0.05, 0.1) is 0 Å². The van der Waals surface area contributed by atoms with Crippen LogP contribution in [0.5, 0.6) is 0 Å². The molecule has 3 heteroatoms. The van der Waals surface area contributed by atoms with Crippen LogP contribution in [0.4, 0.5) is 0 Å². The predicted octanol–water partition coefficient (Wildman–Crippen LogP) is 4.85. The van der Waals surface area contributed by atoms with Crippen LogP contribution in [-0.4, -0.2) is 4.75 Å². The summed E-state index contributed by atoms with van der Waals surface area (Å²) in [5.41, 5.74) is 2.59. The minimum atomic E-state index is 0.246. The van der Waals surface area contributed by atoms with Crippen LogP contribution < -0.4 is 4.72 Å². The Labute approximate surface area is 112 Å². The first-order chi connectivity index (χ1) is 7.29. The molecule has 16 heavy (non-hydrogen) atoms. The van der Waals surface area contributed by atoms with Gasteiger partial charge in [-0.05, 0) is 51.8 Å². The molecule has 1 unspecified atom stereocenters. The van der Waals surface area contributed by atoms with E-state index in [1.165, 1.54) is 15.6 Å². The van der Waals surface area contributed by atoms with Gasteiger partial charge >= 0.3 is 0 Å². The van der Waals surface area contributed by atoms with Crippen molar-refractivity contribution in [1.29, 1.82) is 0 Å². The van der Waals surface area contributed by atoms with Crippen LogP contribution in [0.3, 0.4) is 0 Å². The standard InChI is InChI=1S/C13H20BrNS/c1-9-6-7-11(8-12(9)14)10(2)15-16-13(3,4)5/h6-8,10,15H,1-5H3. The minimum absolute atomic E-state index is 0.246. The van der Waals surface area contributed by atoms with E-state index in [-0.39, 0.29) is 4.75 Å². The number of benzene rings is 1. The number of rotatable bonds is 3. The van der Waals surface area contributed by atoms with Crippen LogP contribution in [-0.2, 0) is 0 Å². The third-order valence-electron chi connectivity index (χ3n) is 2.24. The van der Waals surface area contributed by atoms with Crippen molar-refractivity contribution in [2.45, 2.75) is 45.4 Å². The molecule has 1 nitrogen and oxygen atoms in total. The molecular formula is C13H20BrNS. The number of halogens is 1. The fourth-order valence-corrected chi connectivity index (χ4v) is 2.27. The lowest BCUT2D eigenvalue weighted by Crippen LogP contribution is -2.19.